The highest BCUT2D eigenvalue weighted by atomic mass is 16.5. The maximum absolute atomic E-state index is 11.7. The summed E-state index contributed by atoms with van der Waals surface area (Å²) in [6, 6.07) is 7.49. The Kier molecular flexibility index (Phi) is 3.28. The van der Waals surface area contributed by atoms with Crippen molar-refractivity contribution < 1.29 is 4.74 Å². The minimum Gasteiger partial charge on any atom is -0.497 e. The van der Waals surface area contributed by atoms with Gasteiger partial charge < -0.3 is 4.74 Å². The first-order chi connectivity index (χ1) is 8.20. The zero-order valence-electron chi connectivity index (χ0n) is 9.46. The molecule has 0 saturated heterocycles. The van der Waals surface area contributed by atoms with E-state index in [-0.39, 0.29) is 11.0 Å². The highest BCUT2D eigenvalue weighted by molar-refractivity contribution is 6.31. The van der Waals surface area contributed by atoms with Crippen LogP contribution < -0.4 is 15.8 Å². The van der Waals surface area contributed by atoms with Gasteiger partial charge >= 0.3 is 0 Å². The number of benzene rings is 1. The lowest BCUT2D eigenvalue weighted by Crippen LogP contribution is -2.34. The third kappa shape index (κ3) is 2.56. The molecule has 5 heteroatoms. The van der Waals surface area contributed by atoms with Crippen molar-refractivity contribution in [2.75, 3.05) is 7.11 Å². The van der Waals surface area contributed by atoms with E-state index >= 15 is 0 Å². The third-order valence-corrected chi connectivity index (χ3v) is 2.44. The Balaban J connectivity index is 2.25. The summed E-state index contributed by atoms with van der Waals surface area (Å²) in [4.78, 5) is 15.6. The summed E-state index contributed by atoms with van der Waals surface area (Å²) < 4.78 is 6.53. The maximum atomic E-state index is 11.7. The Morgan fingerprint density at radius 1 is 1.35 bits per heavy atom. The normalized spacial score (nSPS) is 10.2. The predicted molar refractivity (Wildman–Crippen MR) is 66.0 cm³/mol. The van der Waals surface area contributed by atoms with E-state index in [1.54, 1.807) is 7.11 Å². The molecule has 1 aromatic heterocycles. The molecular weight excluding hydrogens is 215 g/mol. The largest absolute Gasteiger partial charge is 0.497 e. The van der Waals surface area contributed by atoms with Gasteiger partial charge in [-0.2, -0.15) is 0 Å². The molecule has 2 radical (unpaired) electrons. The molecule has 0 aliphatic carbocycles. The number of methoxy groups -OCH3 is 1. The van der Waals surface area contributed by atoms with Gasteiger partial charge in [-0.15, -0.1) is 0 Å². The topological polar surface area (TPSA) is 44.1 Å². The van der Waals surface area contributed by atoms with Crippen LogP contribution in [0.4, 0.5) is 0 Å². The molecule has 0 atom stereocenters. The molecule has 2 rings (SSSR count). The molecule has 17 heavy (non-hydrogen) atoms. The third-order valence-electron chi connectivity index (χ3n) is 2.44. The van der Waals surface area contributed by atoms with E-state index in [2.05, 4.69) is 4.98 Å². The SMILES string of the molecule is [B]c1cncn(Cc2ccc(OC)cc2)c1=O. The van der Waals surface area contributed by atoms with Crippen LogP contribution in [0.3, 0.4) is 0 Å². The minimum atomic E-state index is -0.226. The Bertz CT molecular complexity index is 563. The summed E-state index contributed by atoms with van der Waals surface area (Å²) in [5.41, 5.74) is 0.914. The van der Waals surface area contributed by atoms with Gasteiger partial charge in [0.1, 0.15) is 13.6 Å². The minimum absolute atomic E-state index is 0.154. The quantitative estimate of drug-likeness (QED) is 0.697. The van der Waals surface area contributed by atoms with E-state index in [4.69, 9.17) is 12.6 Å². The van der Waals surface area contributed by atoms with Crippen molar-refractivity contribution in [3.63, 3.8) is 0 Å². The van der Waals surface area contributed by atoms with E-state index < -0.39 is 0 Å². The fourth-order valence-corrected chi connectivity index (χ4v) is 1.51. The Morgan fingerprint density at radius 2 is 2.06 bits per heavy atom. The monoisotopic (exact) mass is 226 g/mol. The Morgan fingerprint density at radius 3 is 2.71 bits per heavy atom. The zero-order chi connectivity index (χ0) is 12.3. The molecule has 84 valence electrons. The molecule has 0 amide bonds. The highest BCUT2D eigenvalue weighted by Crippen LogP contribution is 2.11. The number of ether oxygens (including phenoxy) is 1. The molecule has 0 aliphatic rings. The second-order valence-electron chi connectivity index (χ2n) is 3.63. The number of nitrogens with zero attached hydrogens (tertiary/aromatic N) is 2. The van der Waals surface area contributed by atoms with Crippen LogP contribution in [-0.2, 0) is 6.54 Å². The van der Waals surface area contributed by atoms with E-state index in [0.717, 1.165) is 11.3 Å². The molecule has 0 bridgehead atoms. The van der Waals surface area contributed by atoms with Crippen molar-refractivity contribution in [1.82, 2.24) is 9.55 Å². The molecule has 4 nitrogen and oxygen atoms in total. The molecule has 2 aromatic rings. The van der Waals surface area contributed by atoms with Crippen molar-refractivity contribution in [3.8, 4) is 5.75 Å². The smallest absolute Gasteiger partial charge is 0.246 e. The van der Waals surface area contributed by atoms with Crippen LogP contribution in [0.5, 0.6) is 5.75 Å². The molecule has 0 N–H and O–H groups in total. The van der Waals surface area contributed by atoms with Crippen LogP contribution in [0.2, 0.25) is 0 Å². The van der Waals surface area contributed by atoms with Crippen LogP contribution in [0.15, 0.2) is 41.6 Å². The van der Waals surface area contributed by atoms with Gasteiger partial charge in [0.15, 0.2) is 0 Å². The summed E-state index contributed by atoms with van der Waals surface area (Å²) >= 11 is 0. The first-order valence-electron chi connectivity index (χ1n) is 5.13. The van der Waals surface area contributed by atoms with Crippen molar-refractivity contribution in [2.45, 2.75) is 6.54 Å². The summed E-state index contributed by atoms with van der Waals surface area (Å²) in [5.74, 6) is 0.784. The fraction of sp³-hybridized carbons (Fsp3) is 0.167. The Hall–Kier alpha value is -2.04. The first kappa shape index (κ1) is 11.5. The van der Waals surface area contributed by atoms with E-state index in [1.165, 1.54) is 17.1 Å². The van der Waals surface area contributed by atoms with E-state index in [1.807, 2.05) is 24.3 Å². The van der Waals surface area contributed by atoms with Crippen LogP contribution >= 0.6 is 0 Å². The summed E-state index contributed by atoms with van der Waals surface area (Å²) in [6.45, 7) is 0.445. The molecule has 0 aliphatic heterocycles. The molecular formula is C12H11BN2O2. The van der Waals surface area contributed by atoms with Crippen molar-refractivity contribution in [2.24, 2.45) is 0 Å². The second kappa shape index (κ2) is 4.87. The van der Waals surface area contributed by atoms with Gasteiger partial charge in [0.2, 0.25) is 5.56 Å². The lowest BCUT2D eigenvalue weighted by Gasteiger charge is -2.06. The number of aromatic nitrogens is 2. The van der Waals surface area contributed by atoms with Gasteiger partial charge in [0.05, 0.1) is 20.0 Å². The van der Waals surface area contributed by atoms with Crippen LogP contribution in [0, 0.1) is 0 Å². The average molecular weight is 226 g/mol. The van der Waals surface area contributed by atoms with Crippen LogP contribution in [0.1, 0.15) is 5.56 Å². The molecule has 1 aromatic carbocycles. The molecule has 1 heterocycles. The number of hydrogen-bond donors (Lipinski definition) is 0. The van der Waals surface area contributed by atoms with Gasteiger partial charge in [-0.05, 0) is 23.2 Å². The van der Waals surface area contributed by atoms with Crippen LogP contribution in [0.25, 0.3) is 0 Å². The van der Waals surface area contributed by atoms with Gasteiger partial charge in [-0.3, -0.25) is 9.36 Å². The summed E-state index contributed by atoms with van der Waals surface area (Å²) in [7, 11) is 7.12. The molecule has 0 unspecified atom stereocenters. The Labute approximate surface area is 100 Å². The zero-order valence-corrected chi connectivity index (χ0v) is 9.46. The highest BCUT2D eigenvalue weighted by Gasteiger charge is 2.00. The van der Waals surface area contributed by atoms with Gasteiger partial charge in [0.25, 0.3) is 0 Å². The molecule has 0 saturated carbocycles. The predicted octanol–water partition coefficient (Wildman–Crippen LogP) is 0.0940. The average Bonchev–Trinajstić information content (AvgIpc) is 2.36. The van der Waals surface area contributed by atoms with Crippen molar-refractivity contribution in [1.29, 1.82) is 0 Å². The second-order valence-corrected chi connectivity index (χ2v) is 3.63. The van der Waals surface area contributed by atoms with Gasteiger partial charge in [-0.1, -0.05) is 12.1 Å². The summed E-state index contributed by atoms with van der Waals surface area (Å²) in [5, 5.41) is 0. The lowest BCUT2D eigenvalue weighted by molar-refractivity contribution is 0.414. The number of hydrogen-bond acceptors (Lipinski definition) is 3. The van der Waals surface area contributed by atoms with Crippen molar-refractivity contribution >= 4 is 13.3 Å². The number of rotatable bonds is 3. The molecule has 0 fully saturated rings. The van der Waals surface area contributed by atoms with E-state index in [9.17, 15) is 4.79 Å². The standard InChI is InChI=1S/C12H11BN2O2/c1-17-10-4-2-9(3-5-10)7-15-8-14-6-11(13)12(15)16/h2-6,8H,7H2,1H3. The van der Waals surface area contributed by atoms with Gasteiger partial charge in [0, 0.05) is 6.20 Å². The maximum Gasteiger partial charge on any atom is 0.246 e. The summed E-state index contributed by atoms with van der Waals surface area (Å²) in [6.07, 6.45) is 2.83. The van der Waals surface area contributed by atoms with E-state index in [0.29, 0.717) is 6.54 Å². The van der Waals surface area contributed by atoms with Crippen LogP contribution in [-0.4, -0.2) is 24.5 Å². The van der Waals surface area contributed by atoms with Gasteiger partial charge in [-0.25, -0.2) is 4.98 Å². The van der Waals surface area contributed by atoms with Crippen molar-refractivity contribution in [3.05, 3.63) is 52.7 Å². The molecule has 0 spiro atoms. The lowest BCUT2D eigenvalue weighted by atomic mass is 10.0. The first-order valence-corrected chi connectivity index (χ1v) is 5.13. The fourth-order valence-electron chi connectivity index (χ4n) is 1.51.